The maximum absolute atomic E-state index is 12.4. The molecule has 0 saturated carbocycles. The lowest BCUT2D eigenvalue weighted by Crippen LogP contribution is -2.16. The van der Waals surface area contributed by atoms with Crippen LogP contribution in [0.25, 0.3) is 10.9 Å². The lowest BCUT2D eigenvalue weighted by atomic mass is 10.1. The Morgan fingerprint density at radius 1 is 1.07 bits per heavy atom. The second-order valence-electron chi connectivity index (χ2n) is 6.53. The van der Waals surface area contributed by atoms with Crippen LogP contribution in [0.3, 0.4) is 0 Å². The fourth-order valence-electron chi connectivity index (χ4n) is 2.98. The molecule has 2 aromatic carbocycles. The number of carbonyl (C=O) groups is 2. The molecular weight excluding hydrogens is 388 g/mol. The van der Waals surface area contributed by atoms with Crippen molar-refractivity contribution in [2.45, 2.75) is 19.3 Å². The third-order valence-electron chi connectivity index (χ3n) is 4.53. The number of ether oxygens (including phenoxy) is 3. The Kier molecular flexibility index (Phi) is 6.79. The van der Waals surface area contributed by atoms with E-state index in [9.17, 15) is 14.4 Å². The van der Waals surface area contributed by atoms with Gasteiger partial charge in [-0.1, -0.05) is 12.1 Å². The van der Waals surface area contributed by atoms with Gasteiger partial charge in [-0.25, -0.2) is 4.98 Å². The summed E-state index contributed by atoms with van der Waals surface area (Å²) >= 11 is 0. The molecule has 0 fully saturated rings. The second-order valence-corrected chi connectivity index (χ2v) is 6.53. The highest BCUT2D eigenvalue weighted by molar-refractivity contribution is 6.00. The normalized spacial score (nSPS) is 10.6. The Morgan fingerprint density at radius 2 is 1.87 bits per heavy atom. The van der Waals surface area contributed by atoms with Crippen LogP contribution in [-0.4, -0.2) is 42.5 Å². The summed E-state index contributed by atoms with van der Waals surface area (Å²) in [6.07, 6.45) is 0.933. The molecular formula is C22H22N2O6. The van der Waals surface area contributed by atoms with Crippen LogP contribution in [0, 0.1) is 0 Å². The van der Waals surface area contributed by atoms with Gasteiger partial charge in [0.25, 0.3) is 5.56 Å². The van der Waals surface area contributed by atoms with E-state index in [1.807, 2.05) is 6.07 Å². The largest absolute Gasteiger partial charge is 0.497 e. The number of benzene rings is 2. The molecule has 0 aliphatic rings. The first kappa shape index (κ1) is 21.0. The molecule has 8 nitrogen and oxygen atoms in total. The first-order valence-corrected chi connectivity index (χ1v) is 9.40. The highest BCUT2D eigenvalue weighted by Crippen LogP contribution is 2.24. The quantitative estimate of drug-likeness (QED) is 0.427. The van der Waals surface area contributed by atoms with Crippen molar-refractivity contribution < 1.29 is 23.8 Å². The number of Topliss-reactive ketones (excluding diaryl/α,β-unsaturated/α-hetero) is 1. The van der Waals surface area contributed by atoms with E-state index in [1.165, 1.54) is 20.3 Å². The molecule has 1 aromatic heterocycles. The number of hydrogen-bond donors (Lipinski definition) is 1. The second kappa shape index (κ2) is 9.69. The first-order chi connectivity index (χ1) is 14.5. The molecule has 0 saturated heterocycles. The van der Waals surface area contributed by atoms with Crippen LogP contribution in [0.2, 0.25) is 0 Å². The fourth-order valence-corrected chi connectivity index (χ4v) is 2.98. The lowest BCUT2D eigenvalue weighted by molar-refractivity contribution is -0.142. The minimum Gasteiger partial charge on any atom is -0.497 e. The monoisotopic (exact) mass is 410 g/mol. The van der Waals surface area contributed by atoms with Crippen molar-refractivity contribution in [2.75, 3.05) is 20.8 Å². The number of fused-ring (bicyclic) bond motifs is 1. The molecule has 0 unspecified atom stereocenters. The van der Waals surface area contributed by atoms with Gasteiger partial charge in [0.1, 0.15) is 17.3 Å². The van der Waals surface area contributed by atoms with Gasteiger partial charge in [0.15, 0.2) is 6.61 Å². The number of para-hydroxylation sites is 1. The number of carbonyl (C=O) groups excluding carboxylic acids is 2. The topological polar surface area (TPSA) is 108 Å². The number of nitrogens with one attached hydrogen (secondary N) is 1. The van der Waals surface area contributed by atoms with Gasteiger partial charge in [-0.15, -0.1) is 0 Å². The van der Waals surface area contributed by atoms with Gasteiger partial charge >= 0.3 is 5.97 Å². The van der Waals surface area contributed by atoms with Crippen LogP contribution < -0.4 is 15.0 Å². The molecule has 8 heteroatoms. The molecule has 0 aliphatic heterocycles. The van der Waals surface area contributed by atoms with E-state index in [2.05, 4.69) is 9.97 Å². The van der Waals surface area contributed by atoms with Crippen LogP contribution in [0.5, 0.6) is 11.5 Å². The zero-order chi connectivity index (χ0) is 21.5. The molecule has 1 heterocycles. The van der Waals surface area contributed by atoms with Crippen LogP contribution in [-0.2, 0) is 16.0 Å². The highest BCUT2D eigenvalue weighted by atomic mass is 16.5. The van der Waals surface area contributed by atoms with Crippen molar-refractivity contribution in [3.63, 3.8) is 0 Å². The summed E-state index contributed by atoms with van der Waals surface area (Å²) in [6.45, 7) is -0.395. The van der Waals surface area contributed by atoms with E-state index in [1.54, 1.807) is 30.3 Å². The molecule has 0 bridgehead atoms. The fraction of sp³-hybridized carbons (Fsp3) is 0.273. The Labute approximate surface area is 172 Å². The summed E-state index contributed by atoms with van der Waals surface area (Å²) in [4.78, 5) is 43.6. The Morgan fingerprint density at radius 3 is 2.63 bits per heavy atom. The Balaban J connectivity index is 1.52. The maximum atomic E-state index is 12.4. The molecule has 0 radical (unpaired) electrons. The van der Waals surface area contributed by atoms with Gasteiger partial charge in [0.2, 0.25) is 5.78 Å². The van der Waals surface area contributed by atoms with Crippen molar-refractivity contribution in [3.8, 4) is 11.5 Å². The summed E-state index contributed by atoms with van der Waals surface area (Å²) in [7, 11) is 2.95. The van der Waals surface area contributed by atoms with Crippen LogP contribution in [0.15, 0.2) is 47.3 Å². The number of aromatic nitrogens is 2. The van der Waals surface area contributed by atoms with E-state index >= 15 is 0 Å². The van der Waals surface area contributed by atoms with Gasteiger partial charge in [-0.05, 0) is 36.8 Å². The van der Waals surface area contributed by atoms with E-state index in [0.717, 1.165) is 0 Å². The average Bonchev–Trinajstić information content (AvgIpc) is 2.77. The molecule has 0 amide bonds. The minimum atomic E-state index is -0.506. The zero-order valence-corrected chi connectivity index (χ0v) is 16.8. The van der Waals surface area contributed by atoms with Gasteiger partial charge in [0, 0.05) is 12.8 Å². The van der Waals surface area contributed by atoms with Crippen molar-refractivity contribution in [1.82, 2.24) is 9.97 Å². The standard InChI is InChI=1S/C22H22N2O6/c1-28-14-10-11-19(29-2)16(12-14)18(25)13-30-21(26)9-5-8-20-23-17-7-4-3-6-15(17)22(27)24-20/h3-4,6-7,10-12H,5,8-9,13H2,1-2H3,(H,23,24,27). The summed E-state index contributed by atoms with van der Waals surface area (Å²) in [5.74, 6) is 0.488. The number of H-pyrrole nitrogens is 1. The molecule has 30 heavy (non-hydrogen) atoms. The summed E-state index contributed by atoms with van der Waals surface area (Å²) in [5.41, 5.74) is 0.676. The minimum absolute atomic E-state index is 0.0963. The number of aryl methyl sites for hydroxylation is 1. The molecule has 0 aliphatic carbocycles. The van der Waals surface area contributed by atoms with Crippen molar-refractivity contribution in [3.05, 3.63) is 64.2 Å². The molecule has 0 spiro atoms. The first-order valence-electron chi connectivity index (χ1n) is 9.40. The van der Waals surface area contributed by atoms with Gasteiger partial charge < -0.3 is 19.2 Å². The number of methoxy groups -OCH3 is 2. The SMILES string of the molecule is COc1ccc(OC)c(C(=O)COC(=O)CCCc2nc3ccccc3c(=O)[nH]2)c1. The molecule has 3 rings (SSSR count). The molecule has 0 atom stereocenters. The van der Waals surface area contributed by atoms with E-state index in [-0.39, 0.29) is 23.3 Å². The summed E-state index contributed by atoms with van der Waals surface area (Å²) in [6, 6.07) is 11.9. The molecule has 3 aromatic rings. The zero-order valence-electron chi connectivity index (χ0n) is 16.8. The Hall–Kier alpha value is -3.68. The van der Waals surface area contributed by atoms with Crippen molar-refractivity contribution in [2.24, 2.45) is 0 Å². The number of nitrogens with zero attached hydrogens (tertiary/aromatic N) is 1. The Bertz CT molecular complexity index is 1120. The van der Waals surface area contributed by atoms with Crippen LogP contribution in [0.1, 0.15) is 29.0 Å². The number of rotatable bonds is 9. The van der Waals surface area contributed by atoms with Gasteiger partial charge in [-0.3, -0.25) is 14.4 Å². The van der Waals surface area contributed by atoms with E-state index in [0.29, 0.717) is 41.1 Å². The van der Waals surface area contributed by atoms with E-state index < -0.39 is 12.6 Å². The number of ketones is 1. The maximum Gasteiger partial charge on any atom is 0.306 e. The smallest absolute Gasteiger partial charge is 0.306 e. The van der Waals surface area contributed by atoms with E-state index in [4.69, 9.17) is 14.2 Å². The van der Waals surface area contributed by atoms with Crippen LogP contribution in [0.4, 0.5) is 0 Å². The third-order valence-corrected chi connectivity index (χ3v) is 4.53. The van der Waals surface area contributed by atoms with Crippen molar-refractivity contribution >= 4 is 22.7 Å². The van der Waals surface area contributed by atoms with Crippen molar-refractivity contribution in [1.29, 1.82) is 0 Å². The highest BCUT2D eigenvalue weighted by Gasteiger charge is 2.16. The van der Waals surface area contributed by atoms with Gasteiger partial charge in [-0.2, -0.15) is 0 Å². The van der Waals surface area contributed by atoms with Gasteiger partial charge in [0.05, 0.1) is 30.7 Å². The number of hydrogen-bond acceptors (Lipinski definition) is 7. The predicted molar refractivity (Wildman–Crippen MR) is 110 cm³/mol. The summed E-state index contributed by atoms with van der Waals surface area (Å²) < 4.78 is 15.4. The lowest BCUT2D eigenvalue weighted by Gasteiger charge is -2.10. The summed E-state index contributed by atoms with van der Waals surface area (Å²) in [5, 5.41) is 0.521. The van der Waals surface area contributed by atoms with Crippen LogP contribution >= 0.6 is 0 Å². The third kappa shape index (κ3) is 5.02. The predicted octanol–water partition coefficient (Wildman–Crippen LogP) is 2.69. The number of esters is 1. The molecule has 156 valence electrons. The average molecular weight is 410 g/mol. The molecule has 1 N–H and O–H groups in total. The number of aromatic amines is 1.